The summed E-state index contributed by atoms with van der Waals surface area (Å²) in [5, 5.41) is 25.1. The van der Waals surface area contributed by atoms with E-state index in [0.717, 1.165) is 51.3 Å². The largest absolute Gasteiger partial charge is 0.497 e. The third-order valence-corrected chi connectivity index (χ3v) is 15.2. The maximum Gasteiger partial charge on any atom is 0.407 e. The molecular formula is C47H58N2O12S2. The van der Waals surface area contributed by atoms with Crippen molar-refractivity contribution >= 4 is 33.4 Å². The van der Waals surface area contributed by atoms with Crippen LogP contribution in [0.15, 0.2) is 77.7 Å². The average Bonchev–Trinajstić information content (AvgIpc) is 3.96. The Morgan fingerprint density at radius 1 is 0.952 bits per heavy atom. The van der Waals surface area contributed by atoms with Crippen LogP contribution in [-0.4, -0.2) is 106 Å². The van der Waals surface area contributed by atoms with E-state index in [1.54, 1.807) is 42.7 Å². The highest BCUT2D eigenvalue weighted by Gasteiger charge is 2.50. The molecule has 3 aliphatic rings. The number of sulfonamides is 1. The van der Waals surface area contributed by atoms with Crippen molar-refractivity contribution in [2.24, 2.45) is 17.3 Å². The number of methoxy groups -OCH3 is 2. The van der Waals surface area contributed by atoms with E-state index in [9.17, 15) is 28.2 Å². The van der Waals surface area contributed by atoms with E-state index in [2.05, 4.69) is 19.2 Å². The van der Waals surface area contributed by atoms with Crippen LogP contribution in [0.1, 0.15) is 66.0 Å². The lowest BCUT2D eigenvalue weighted by molar-refractivity contribution is -0.0913. The number of hydrogen-bond acceptors (Lipinski definition) is 12. The Hall–Kier alpha value is -4.55. The standard InChI is InChI=1S/C47H58N2O12S2/c1-28(2)23-49(63(54,55)33-17-15-31(56-5)16-18-33)24-37(50)36(48-46(53)61-39-27-60-45-42(39)38(57-6)26-59-45)21-29-11-13-32(14-12-29)58-25-30-9-7-8-10-34(30)43-41(44(51)52)35-22-47(3,4)20-19-40(35)62-43/h7-18,28,36-39,42,45,50H,19-27H2,1-6H3,(H,48,53)(H,51,52)/t36-,37+,38-,39-,42-,45+/m0/s1. The Morgan fingerprint density at radius 3 is 2.30 bits per heavy atom. The van der Waals surface area contributed by atoms with Gasteiger partial charge in [0.15, 0.2) is 6.29 Å². The summed E-state index contributed by atoms with van der Waals surface area (Å²) in [6.45, 7) is 8.54. The fraction of sp³-hybridized carbons (Fsp3) is 0.489. The van der Waals surface area contributed by atoms with Gasteiger partial charge in [0.2, 0.25) is 10.0 Å². The molecule has 0 spiro atoms. The molecular weight excluding hydrogens is 849 g/mol. The van der Waals surface area contributed by atoms with Crippen LogP contribution in [0.4, 0.5) is 4.79 Å². The van der Waals surface area contributed by atoms with Crippen LogP contribution < -0.4 is 14.8 Å². The smallest absolute Gasteiger partial charge is 0.407 e. The number of aromatic carboxylic acids is 1. The van der Waals surface area contributed by atoms with Gasteiger partial charge in [-0.3, -0.25) is 0 Å². The third-order valence-electron chi connectivity index (χ3n) is 12.0. The molecule has 3 N–H and O–H groups in total. The van der Waals surface area contributed by atoms with Gasteiger partial charge in [-0.05, 0) is 95.7 Å². The Morgan fingerprint density at radius 2 is 1.63 bits per heavy atom. The molecule has 6 atom stereocenters. The van der Waals surface area contributed by atoms with E-state index in [1.165, 1.54) is 23.5 Å². The molecule has 0 unspecified atom stereocenters. The van der Waals surface area contributed by atoms with Gasteiger partial charge < -0.3 is 44.0 Å². The number of alkyl carbamates (subject to hydrolysis) is 1. The quantitative estimate of drug-likeness (QED) is 0.0938. The first-order valence-electron chi connectivity index (χ1n) is 21.3. The van der Waals surface area contributed by atoms with Crippen molar-refractivity contribution in [3.8, 4) is 21.9 Å². The highest BCUT2D eigenvalue weighted by atomic mass is 32.2. The zero-order valence-electron chi connectivity index (χ0n) is 36.6. The van der Waals surface area contributed by atoms with Crippen molar-refractivity contribution in [2.45, 2.75) is 95.5 Å². The third kappa shape index (κ3) is 10.7. The number of fused-ring (bicyclic) bond motifs is 2. The summed E-state index contributed by atoms with van der Waals surface area (Å²) >= 11 is 1.56. The number of ether oxygens (including phenoxy) is 6. The molecule has 2 aliphatic heterocycles. The molecule has 340 valence electrons. The second-order valence-electron chi connectivity index (χ2n) is 17.7. The molecule has 1 amide bonds. The van der Waals surface area contributed by atoms with Crippen molar-refractivity contribution in [3.63, 3.8) is 0 Å². The van der Waals surface area contributed by atoms with Gasteiger partial charge in [0, 0.05) is 30.0 Å². The second kappa shape index (κ2) is 19.7. The summed E-state index contributed by atoms with van der Waals surface area (Å²) in [4.78, 5) is 28.2. The van der Waals surface area contributed by atoms with Gasteiger partial charge in [-0.2, -0.15) is 4.31 Å². The van der Waals surface area contributed by atoms with Crippen LogP contribution >= 0.6 is 11.3 Å². The lowest BCUT2D eigenvalue weighted by Gasteiger charge is -2.31. The van der Waals surface area contributed by atoms with Gasteiger partial charge >= 0.3 is 12.1 Å². The van der Waals surface area contributed by atoms with Gasteiger partial charge in [0.05, 0.1) is 55.0 Å². The summed E-state index contributed by atoms with van der Waals surface area (Å²) in [6, 6.07) is 20.0. The predicted molar refractivity (Wildman–Crippen MR) is 237 cm³/mol. The summed E-state index contributed by atoms with van der Waals surface area (Å²) in [5.41, 5.74) is 3.76. The highest BCUT2D eigenvalue weighted by molar-refractivity contribution is 7.89. The molecule has 3 aromatic carbocycles. The van der Waals surface area contributed by atoms with Crippen LogP contribution in [0, 0.1) is 17.3 Å². The van der Waals surface area contributed by atoms with E-state index in [4.69, 9.17) is 28.4 Å². The number of thiophene rings is 1. The number of amides is 1. The zero-order valence-corrected chi connectivity index (χ0v) is 38.2. The number of benzene rings is 3. The van der Waals surface area contributed by atoms with Crippen LogP contribution in [0.2, 0.25) is 0 Å². The van der Waals surface area contributed by atoms with E-state index in [-0.39, 0.29) is 61.0 Å². The van der Waals surface area contributed by atoms with Crippen LogP contribution in [-0.2, 0) is 54.8 Å². The molecule has 2 saturated heterocycles. The number of nitrogens with zero attached hydrogens (tertiary/aromatic N) is 1. The van der Waals surface area contributed by atoms with Gasteiger partial charge in [-0.25, -0.2) is 18.0 Å². The number of hydrogen-bond donors (Lipinski definition) is 3. The number of carboxylic acid groups (broad SMARTS) is 1. The number of carboxylic acids is 1. The molecule has 0 bridgehead atoms. The van der Waals surface area contributed by atoms with Crippen molar-refractivity contribution in [1.29, 1.82) is 0 Å². The monoisotopic (exact) mass is 906 g/mol. The van der Waals surface area contributed by atoms with Crippen molar-refractivity contribution in [3.05, 3.63) is 99.9 Å². The van der Waals surface area contributed by atoms with Crippen molar-refractivity contribution in [2.75, 3.05) is 40.5 Å². The predicted octanol–water partition coefficient (Wildman–Crippen LogP) is 6.95. The Bertz CT molecular complexity index is 2330. The maximum atomic E-state index is 14.0. The van der Waals surface area contributed by atoms with E-state index in [1.807, 2.05) is 50.2 Å². The lowest BCUT2D eigenvalue weighted by atomic mass is 9.76. The molecule has 1 aromatic heterocycles. The van der Waals surface area contributed by atoms with Gasteiger partial charge in [-0.1, -0.05) is 64.1 Å². The first-order chi connectivity index (χ1) is 30.1. The number of aliphatic hydroxyl groups excluding tert-OH is 1. The Kier molecular flexibility index (Phi) is 14.5. The second-order valence-corrected chi connectivity index (χ2v) is 20.7. The molecule has 16 heteroatoms. The van der Waals surface area contributed by atoms with Crippen LogP contribution in [0.5, 0.6) is 11.5 Å². The van der Waals surface area contributed by atoms with Crippen LogP contribution in [0.25, 0.3) is 10.4 Å². The molecule has 1 aliphatic carbocycles. The lowest BCUT2D eigenvalue weighted by Crippen LogP contribution is -2.52. The van der Waals surface area contributed by atoms with Gasteiger partial charge in [-0.15, -0.1) is 11.3 Å². The molecule has 0 saturated carbocycles. The SMILES string of the molecule is COc1ccc(S(=O)(=O)N(CC(C)C)C[C@@H](O)[C@H](Cc2ccc(OCc3ccccc3-c3sc4c(c3C(=O)O)CC(C)(C)CC4)cc2)NC(=O)O[C@H]2CO[C@H]3OC[C@H](OC)[C@H]32)cc1. The molecule has 63 heavy (non-hydrogen) atoms. The van der Waals surface area contributed by atoms with E-state index in [0.29, 0.717) is 23.7 Å². The summed E-state index contributed by atoms with van der Waals surface area (Å²) in [5.74, 6) is -0.278. The molecule has 3 heterocycles. The topological polar surface area (TPSA) is 179 Å². The number of carbonyl (C=O) groups excluding carboxylic acids is 1. The minimum Gasteiger partial charge on any atom is -0.497 e. The minimum absolute atomic E-state index is 0.0304. The van der Waals surface area contributed by atoms with Crippen LogP contribution in [0.3, 0.4) is 0 Å². The fourth-order valence-corrected chi connectivity index (χ4v) is 11.6. The average molecular weight is 907 g/mol. The number of nitrogens with one attached hydrogen (secondary N) is 1. The van der Waals surface area contributed by atoms with Gasteiger partial charge in [0.25, 0.3) is 0 Å². The number of rotatable bonds is 18. The number of aryl methyl sites for hydroxylation is 1. The van der Waals surface area contributed by atoms with E-state index >= 15 is 0 Å². The zero-order chi connectivity index (χ0) is 45.1. The number of carbonyl (C=O) groups is 2. The molecule has 7 rings (SSSR count). The molecule has 4 aromatic rings. The first kappa shape index (κ1) is 46.4. The van der Waals surface area contributed by atoms with Gasteiger partial charge in [0.1, 0.15) is 24.2 Å². The number of aliphatic hydroxyl groups is 1. The summed E-state index contributed by atoms with van der Waals surface area (Å²) in [7, 11) is -1.02. The molecule has 2 fully saturated rings. The summed E-state index contributed by atoms with van der Waals surface area (Å²) in [6.07, 6.45) is -1.02. The Balaban J connectivity index is 1.09. The fourth-order valence-electron chi connectivity index (χ4n) is 8.66. The van der Waals surface area contributed by atoms with E-state index < -0.39 is 46.6 Å². The Labute approximate surface area is 373 Å². The maximum absolute atomic E-state index is 14.0. The molecule has 0 radical (unpaired) electrons. The highest BCUT2D eigenvalue weighted by Crippen LogP contribution is 2.46. The van der Waals surface area contributed by atoms with Crippen molar-refractivity contribution in [1.82, 2.24) is 9.62 Å². The normalized spacial score (nSPS) is 21.4. The minimum atomic E-state index is -4.07. The summed E-state index contributed by atoms with van der Waals surface area (Å²) < 4.78 is 63.5. The first-order valence-corrected chi connectivity index (χ1v) is 23.6. The molecule has 14 nitrogen and oxygen atoms in total. The van der Waals surface area contributed by atoms with Crippen molar-refractivity contribution < 1.29 is 56.6 Å².